The van der Waals surface area contributed by atoms with E-state index in [0.717, 1.165) is 23.3 Å². The van der Waals surface area contributed by atoms with Crippen molar-refractivity contribution >= 4 is 23.2 Å². The van der Waals surface area contributed by atoms with E-state index in [9.17, 15) is 4.79 Å². The molecule has 0 saturated heterocycles. The molecule has 1 amide bonds. The Morgan fingerprint density at radius 2 is 2.22 bits per heavy atom. The average Bonchev–Trinajstić information content (AvgIpc) is 3.02. The van der Waals surface area contributed by atoms with E-state index in [1.807, 2.05) is 12.1 Å². The lowest BCUT2D eigenvalue weighted by Gasteiger charge is -2.29. The van der Waals surface area contributed by atoms with Gasteiger partial charge in [0.05, 0.1) is 25.8 Å². The van der Waals surface area contributed by atoms with Crippen molar-refractivity contribution in [2.24, 2.45) is 0 Å². The zero-order chi connectivity index (χ0) is 15.8. The summed E-state index contributed by atoms with van der Waals surface area (Å²) in [5.74, 6) is 1.48. The molecule has 0 bridgehead atoms. The van der Waals surface area contributed by atoms with Crippen LogP contribution in [0.5, 0.6) is 11.5 Å². The normalized spacial score (nSPS) is 15.4. The van der Waals surface area contributed by atoms with E-state index >= 15 is 0 Å². The third-order valence-electron chi connectivity index (χ3n) is 4.09. The number of carbonyl (C=O) groups excluding carboxylic acids is 1. The Morgan fingerprint density at radius 3 is 3.13 bits per heavy atom. The number of ether oxygens (including phenoxy) is 2. The highest BCUT2D eigenvalue weighted by Crippen LogP contribution is 2.35. The summed E-state index contributed by atoms with van der Waals surface area (Å²) in [5.41, 5.74) is 2.62. The van der Waals surface area contributed by atoms with Gasteiger partial charge >= 0.3 is 0 Å². The smallest absolute Gasteiger partial charge is 0.231 e. The Labute approximate surface area is 138 Å². The van der Waals surface area contributed by atoms with E-state index in [2.05, 4.69) is 4.98 Å². The van der Waals surface area contributed by atoms with Gasteiger partial charge in [-0.3, -0.25) is 9.78 Å². The van der Waals surface area contributed by atoms with Gasteiger partial charge in [0.25, 0.3) is 0 Å². The van der Waals surface area contributed by atoms with Crippen molar-refractivity contribution in [3.63, 3.8) is 0 Å². The molecule has 1 aromatic heterocycles. The first-order chi connectivity index (χ1) is 11.2. The van der Waals surface area contributed by atoms with Gasteiger partial charge in [0.1, 0.15) is 23.8 Å². The summed E-state index contributed by atoms with van der Waals surface area (Å²) in [7, 11) is 0. The second-order valence-corrected chi connectivity index (χ2v) is 6.00. The summed E-state index contributed by atoms with van der Waals surface area (Å²) in [6, 6.07) is 5.50. The second-order valence-electron chi connectivity index (χ2n) is 5.57. The number of hydrogen-bond acceptors (Lipinski definition) is 4. The van der Waals surface area contributed by atoms with Crippen molar-refractivity contribution in [3.8, 4) is 11.5 Å². The van der Waals surface area contributed by atoms with Gasteiger partial charge in [-0.05, 0) is 17.7 Å². The van der Waals surface area contributed by atoms with Gasteiger partial charge in [-0.2, -0.15) is 0 Å². The Kier molecular flexibility index (Phi) is 3.58. The summed E-state index contributed by atoms with van der Waals surface area (Å²) >= 11 is 6.17. The number of anilines is 1. The fourth-order valence-corrected chi connectivity index (χ4v) is 3.32. The van der Waals surface area contributed by atoms with Crippen LogP contribution in [0.1, 0.15) is 11.1 Å². The van der Waals surface area contributed by atoms with E-state index in [-0.39, 0.29) is 12.3 Å². The minimum Gasteiger partial charge on any atom is -0.493 e. The summed E-state index contributed by atoms with van der Waals surface area (Å²) in [5, 5.41) is 0.640. The molecule has 3 heterocycles. The van der Waals surface area contributed by atoms with Crippen LogP contribution in [0.25, 0.3) is 0 Å². The van der Waals surface area contributed by atoms with Crippen molar-refractivity contribution in [3.05, 3.63) is 46.7 Å². The van der Waals surface area contributed by atoms with E-state index in [0.29, 0.717) is 36.2 Å². The maximum atomic E-state index is 12.8. The highest BCUT2D eigenvalue weighted by atomic mass is 35.5. The predicted molar refractivity (Wildman–Crippen MR) is 86.4 cm³/mol. The molecule has 23 heavy (non-hydrogen) atoms. The average molecular weight is 331 g/mol. The number of rotatable bonds is 2. The fourth-order valence-electron chi connectivity index (χ4n) is 3.06. The minimum absolute atomic E-state index is 0.0116. The van der Waals surface area contributed by atoms with Crippen molar-refractivity contribution in [2.75, 3.05) is 24.7 Å². The maximum Gasteiger partial charge on any atom is 0.231 e. The first kappa shape index (κ1) is 14.3. The number of benzene rings is 1. The highest BCUT2D eigenvalue weighted by Gasteiger charge is 2.26. The van der Waals surface area contributed by atoms with Crippen LogP contribution in [-0.2, 0) is 17.6 Å². The van der Waals surface area contributed by atoms with E-state index in [4.69, 9.17) is 21.1 Å². The Bertz CT molecular complexity index is 778. The lowest BCUT2D eigenvalue weighted by Crippen LogP contribution is -2.39. The number of amides is 1. The zero-order valence-electron chi connectivity index (χ0n) is 12.4. The van der Waals surface area contributed by atoms with Crippen LogP contribution in [0.2, 0.25) is 5.02 Å². The molecule has 0 atom stereocenters. The molecule has 2 aliphatic heterocycles. The summed E-state index contributed by atoms with van der Waals surface area (Å²) in [6.07, 6.45) is 4.40. The molecule has 0 spiro atoms. The van der Waals surface area contributed by atoms with Crippen LogP contribution >= 0.6 is 11.6 Å². The van der Waals surface area contributed by atoms with Gasteiger partial charge in [0, 0.05) is 29.3 Å². The molecule has 118 valence electrons. The Morgan fingerprint density at radius 1 is 1.30 bits per heavy atom. The zero-order valence-corrected chi connectivity index (χ0v) is 13.2. The molecule has 0 unspecified atom stereocenters. The number of halogens is 1. The predicted octanol–water partition coefficient (Wildman–Crippen LogP) is 2.64. The third-order valence-corrected chi connectivity index (χ3v) is 4.31. The molecule has 0 saturated carbocycles. The molecule has 5 nitrogen and oxygen atoms in total. The van der Waals surface area contributed by atoms with Crippen LogP contribution in [0.4, 0.5) is 5.69 Å². The topological polar surface area (TPSA) is 51.7 Å². The fraction of sp³-hybridized carbons (Fsp3) is 0.294. The van der Waals surface area contributed by atoms with Crippen molar-refractivity contribution in [2.45, 2.75) is 12.8 Å². The van der Waals surface area contributed by atoms with Crippen molar-refractivity contribution in [1.82, 2.24) is 4.98 Å². The first-order valence-electron chi connectivity index (χ1n) is 7.53. The summed E-state index contributed by atoms with van der Waals surface area (Å²) in [4.78, 5) is 18.6. The SMILES string of the molecule is O=C(Cc1cc(Cl)cc2c1OCC2)N1CCOc2ccncc21. The van der Waals surface area contributed by atoms with Crippen LogP contribution in [0, 0.1) is 0 Å². The van der Waals surface area contributed by atoms with Crippen LogP contribution in [0.3, 0.4) is 0 Å². The maximum absolute atomic E-state index is 12.8. The van der Waals surface area contributed by atoms with Gasteiger partial charge in [-0.15, -0.1) is 0 Å². The highest BCUT2D eigenvalue weighted by molar-refractivity contribution is 6.30. The van der Waals surface area contributed by atoms with Gasteiger partial charge in [-0.1, -0.05) is 11.6 Å². The Balaban J connectivity index is 1.63. The third kappa shape index (κ3) is 2.61. The number of nitrogens with zero attached hydrogens (tertiary/aromatic N) is 2. The lowest BCUT2D eigenvalue weighted by molar-refractivity contribution is -0.118. The van der Waals surface area contributed by atoms with Crippen molar-refractivity contribution in [1.29, 1.82) is 0 Å². The molecular formula is C17H15ClN2O3. The standard InChI is InChI=1S/C17H15ClN2O3/c18-13-7-11-2-5-23-17(11)12(8-13)9-16(21)20-4-6-22-15-1-3-19-10-14(15)20/h1,3,7-8,10H,2,4-6,9H2. The summed E-state index contributed by atoms with van der Waals surface area (Å²) < 4.78 is 11.2. The molecule has 4 rings (SSSR count). The van der Waals surface area contributed by atoms with E-state index in [1.165, 1.54) is 0 Å². The quantitative estimate of drug-likeness (QED) is 0.849. The molecule has 0 radical (unpaired) electrons. The minimum atomic E-state index is -0.0116. The lowest BCUT2D eigenvalue weighted by atomic mass is 10.0. The van der Waals surface area contributed by atoms with Crippen LogP contribution < -0.4 is 14.4 Å². The molecule has 1 aromatic carbocycles. The number of fused-ring (bicyclic) bond motifs is 2. The monoisotopic (exact) mass is 330 g/mol. The van der Waals surface area contributed by atoms with E-state index < -0.39 is 0 Å². The number of aromatic nitrogens is 1. The molecule has 2 aromatic rings. The number of pyridine rings is 1. The molecule has 0 fully saturated rings. The Hall–Kier alpha value is -2.27. The molecule has 0 aliphatic carbocycles. The molecule has 6 heteroatoms. The van der Waals surface area contributed by atoms with Crippen molar-refractivity contribution < 1.29 is 14.3 Å². The molecule has 2 aliphatic rings. The largest absolute Gasteiger partial charge is 0.493 e. The van der Waals surface area contributed by atoms with E-state index in [1.54, 1.807) is 23.4 Å². The summed E-state index contributed by atoms with van der Waals surface area (Å²) in [6.45, 7) is 1.63. The molecule has 0 N–H and O–H groups in total. The molecular weight excluding hydrogens is 316 g/mol. The van der Waals surface area contributed by atoms with Gasteiger partial charge in [0.2, 0.25) is 5.91 Å². The van der Waals surface area contributed by atoms with Crippen LogP contribution in [0.15, 0.2) is 30.6 Å². The van der Waals surface area contributed by atoms with Gasteiger partial charge in [-0.25, -0.2) is 0 Å². The van der Waals surface area contributed by atoms with Gasteiger partial charge in [0.15, 0.2) is 0 Å². The number of hydrogen-bond donors (Lipinski definition) is 0. The second kappa shape index (κ2) is 5.74. The van der Waals surface area contributed by atoms with Crippen LogP contribution in [-0.4, -0.2) is 30.6 Å². The first-order valence-corrected chi connectivity index (χ1v) is 7.91. The van der Waals surface area contributed by atoms with Gasteiger partial charge < -0.3 is 14.4 Å². The number of carbonyl (C=O) groups is 1.